The van der Waals surface area contributed by atoms with Crippen LogP contribution in [0, 0.1) is 0 Å². The molecule has 0 saturated carbocycles. The van der Waals surface area contributed by atoms with Gasteiger partial charge < -0.3 is 9.47 Å². The van der Waals surface area contributed by atoms with E-state index in [-0.39, 0.29) is 5.78 Å². The van der Waals surface area contributed by atoms with Gasteiger partial charge in [0.05, 0.1) is 16.7 Å². The molecule has 0 unspecified atom stereocenters. The van der Waals surface area contributed by atoms with Gasteiger partial charge >= 0.3 is 0 Å². The highest BCUT2D eigenvalue weighted by Crippen LogP contribution is 2.31. The Kier molecular flexibility index (Phi) is 5.01. The molecule has 2 aromatic heterocycles. The maximum absolute atomic E-state index is 12.8. The van der Waals surface area contributed by atoms with E-state index >= 15 is 0 Å². The number of benzene rings is 2. The van der Waals surface area contributed by atoms with E-state index in [0.29, 0.717) is 5.69 Å². The van der Waals surface area contributed by atoms with Crippen molar-refractivity contribution < 1.29 is 4.79 Å². The molecule has 0 amide bonds. The molecule has 4 rings (SSSR count). The molecule has 0 fully saturated rings. The lowest BCUT2D eigenvalue weighted by atomic mass is 10.1. The predicted molar refractivity (Wildman–Crippen MR) is 114 cm³/mol. The second kappa shape index (κ2) is 7.60. The molecule has 144 valence electrons. The van der Waals surface area contributed by atoms with Crippen LogP contribution in [0.5, 0.6) is 0 Å². The Morgan fingerprint density at radius 2 is 1.68 bits per heavy atom. The number of fused-ring (bicyclic) bond motifs is 3. The normalized spacial score (nSPS) is 11.7. The van der Waals surface area contributed by atoms with Crippen LogP contribution in [0.1, 0.15) is 31.3 Å². The molecular formula is C23H26N4O. The van der Waals surface area contributed by atoms with Gasteiger partial charge in [0.15, 0.2) is 5.78 Å². The summed E-state index contributed by atoms with van der Waals surface area (Å²) in [5.41, 5.74) is 4.59. The Hall–Kier alpha value is -2.92. The SMILES string of the molecule is CCN(CC)CCn1c(-c2ccccc2)c(C(C)=O)n2c3ccccc3nc12. The van der Waals surface area contributed by atoms with Gasteiger partial charge in [-0.3, -0.25) is 9.20 Å². The monoisotopic (exact) mass is 374 g/mol. The van der Waals surface area contributed by atoms with Crippen LogP contribution in [0.3, 0.4) is 0 Å². The first-order chi connectivity index (χ1) is 13.7. The zero-order valence-corrected chi connectivity index (χ0v) is 16.7. The number of imidazole rings is 2. The summed E-state index contributed by atoms with van der Waals surface area (Å²) >= 11 is 0. The summed E-state index contributed by atoms with van der Waals surface area (Å²) in [6.07, 6.45) is 0. The average molecular weight is 374 g/mol. The van der Waals surface area contributed by atoms with Gasteiger partial charge in [-0.15, -0.1) is 0 Å². The van der Waals surface area contributed by atoms with Crippen molar-refractivity contribution in [2.24, 2.45) is 0 Å². The Balaban J connectivity index is 2.01. The van der Waals surface area contributed by atoms with Crippen molar-refractivity contribution in [1.29, 1.82) is 0 Å². The third kappa shape index (κ3) is 3.02. The predicted octanol–water partition coefficient (Wildman–Crippen LogP) is 4.50. The van der Waals surface area contributed by atoms with Crippen LogP contribution in [0.2, 0.25) is 0 Å². The van der Waals surface area contributed by atoms with E-state index in [2.05, 4.69) is 35.4 Å². The first-order valence-corrected chi connectivity index (χ1v) is 9.94. The number of para-hydroxylation sites is 2. The summed E-state index contributed by atoms with van der Waals surface area (Å²) < 4.78 is 4.24. The van der Waals surface area contributed by atoms with E-state index in [1.165, 1.54) is 0 Å². The summed E-state index contributed by atoms with van der Waals surface area (Å²) in [6, 6.07) is 18.2. The standard InChI is InChI=1S/C23H26N4O/c1-4-25(5-2)15-16-26-22(18-11-7-6-8-12-18)21(17(3)28)27-20-14-10-9-13-19(20)24-23(26)27/h6-14H,4-5,15-16H2,1-3H3. The molecule has 0 radical (unpaired) electrons. The highest BCUT2D eigenvalue weighted by molar-refractivity contribution is 6.02. The van der Waals surface area contributed by atoms with Crippen LogP contribution in [-0.2, 0) is 6.54 Å². The first kappa shape index (κ1) is 18.4. The molecule has 0 aliphatic rings. The number of aromatic nitrogens is 3. The number of rotatable bonds is 7. The molecule has 28 heavy (non-hydrogen) atoms. The third-order valence-corrected chi connectivity index (χ3v) is 5.42. The minimum Gasteiger partial charge on any atom is -0.308 e. The third-order valence-electron chi connectivity index (χ3n) is 5.42. The molecule has 0 spiro atoms. The molecular weight excluding hydrogens is 348 g/mol. The Morgan fingerprint density at radius 3 is 2.36 bits per heavy atom. The number of hydrogen-bond acceptors (Lipinski definition) is 3. The lowest BCUT2D eigenvalue weighted by Gasteiger charge is -2.19. The fourth-order valence-corrected chi connectivity index (χ4v) is 3.95. The summed E-state index contributed by atoms with van der Waals surface area (Å²) in [7, 11) is 0. The molecule has 5 nitrogen and oxygen atoms in total. The van der Waals surface area contributed by atoms with Crippen LogP contribution in [0.15, 0.2) is 54.6 Å². The van der Waals surface area contributed by atoms with E-state index in [1.54, 1.807) is 6.92 Å². The van der Waals surface area contributed by atoms with Gasteiger partial charge in [-0.2, -0.15) is 0 Å². The van der Waals surface area contributed by atoms with Crippen molar-refractivity contribution in [2.45, 2.75) is 27.3 Å². The molecule has 0 aliphatic carbocycles. The van der Waals surface area contributed by atoms with Gasteiger partial charge in [0.25, 0.3) is 0 Å². The lowest BCUT2D eigenvalue weighted by molar-refractivity contribution is 0.101. The maximum atomic E-state index is 12.8. The van der Waals surface area contributed by atoms with E-state index in [0.717, 1.165) is 54.2 Å². The molecule has 4 aromatic rings. The van der Waals surface area contributed by atoms with Crippen LogP contribution in [0.25, 0.3) is 28.1 Å². The smallest absolute Gasteiger partial charge is 0.216 e. The number of ketones is 1. The number of carbonyl (C=O) groups excluding carboxylic acids is 1. The Morgan fingerprint density at radius 1 is 1.00 bits per heavy atom. The Bertz CT molecular complexity index is 1120. The molecule has 0 saturated heterocycles. The average Bonchev–Trinajstić information content (AvgIpc) is 3.24. The number of Topliss-reactive ketones (excluding diaryl/α,β-unsaturated/α-hetero) is 1. The molecule has 0 bridgehead atoms. The fourth-order valence-electron chi connectivity index (χ4n) is 3.95. The van der Waals surface area contributed by atoms with E-state index in [9.17, 15) is 4.79 Å². The van der Waals surface area contributed by atoms with Crippen molar-refractivity contribution in [3.8, 4) is 11.3 Å². The summed E-state index contributed by atoms with van der Waals surface area (Å²) in [5.74, 6) is 0.881. The summed E-state index contributed by atoms with van der Waals surface area (Å²) in [5, 5.41) is 0. The number of nitrogens with zero attached hydrogens (tertiary/aromatic N) is 4. The molecule has 0 N–H and O–H groups in total. The highest BCUT2D eigenvalue weighted by atomic mass is 16.1. The molecule has 2 aromatic carbocycles. The van der Waals surface area contributed by atoms with Crippen LogP contribution in [-0.4, -0.2) is 44.3 Å². The van der Waals surface area contributed by atoms with Gasteiger partial charge in [0.2, 0.25) is 5.78 Å². The van der Waals surface area contributed by atoms with Gasteiger partial charge in [0, 0.05) is 25.6 Å². The summed E-state index contributed by atoms with van der Waals surface area (Å²) in [4.78, 5) is 20.1. The van der Waals surface area contributed by atoms with Crippen LogP contribution in [0.4, 0.5) is 0 Å². The van der Waals surface area contributed by atoms with Gasteiger partial charge in [-0.05, 0) is 25.2 Å². The zero-order valence-electron chi connectivity index (χ0n) is 16.7. The van der Waals surface area contributed by atoms with E-state index in [1.807, 2.05) is 46.9 Å². The quantitative estimate of drug-likeness (QED) is 0.447. The van der Waals surface area contributed by atoms with Crippen LogP contribution >= 0.6 is 0 Å². The van der Waals surface area contributed by atoms with Crippen molar-refractivity contribution >= 4 is 22.6 Å². The topological polar surface area (TPSA) is 42.5 Å². The molecule has 2 heterocycles. The van der Waals surface area contributed by atoms with Crippen molar-refractivity contribution in [1.82, 2.24) is 18.9 Å². The second-order valence-corrected chi connectivity index (χ2v) is 7.03. The van der Waals surface area contributed by atoms with Crippen molar-refractivity contribution in [2.75, 3.05) is 19.6 Å². The Labute approximate surface area is 165 Å². The molecule has 0 atom stereocenters. The zero-order chi connectivity index (χ0) is 19.7. The largest absolute Gasteiger partial charge is 0.308 e. The van der Waals surface area contributed by atoms with Gasteiger partial charge in [-0.1, -0.05) is 56.3 Å². The maximum Gasteiger partial charge on any atom is 0.216 e. The summed E-state index contributed by atoms with van der Waals surface area (Å²) in [6.45, 7) is 9.71. The lowest BCUT2D eigenvalue weighted by Crippen LogP contribution is -2.27. The van der Waals surface area contributed by atoms with Crippen molar-refractivity contribution in [3.05, 3.63) is 60.3 Å². The van der Waals surface area contributed by atoms with Crippen LogP contribution < -0.4 is 0 Å². The fraction of sp³-hybridized carbons (Fsp3) is 0.304. The number of hydrogen-bond donors (Lipinski definition) is 0. The minimum atomic E-state index is 0.0496. The first-order valence-electron chi connectivity index (χ1n) is 9.94. The number of likely N-dealkylation sites (N-methyl/N-ethyl adjacent to an activating group) is 1. The van der Waals surface area contributed by atoms with E-state index < -0.39 is 0 Å². The van der Waals surface area contributed by atoms with E-state index in [4.69, 9.17) is 4.98 Å². The van der Waals surface area contributed by atoms with Crippen molar-refractivity contribution in [3.63, 3.8) is 0 Å². The second-order valence-electron chi connectivity index (χ2n) is 7.03. The van der Waals surface area contributed by atoms with Gasteiger partial charge in [-0.25, -0.2) is 4.98 Å². The van der Waals surface area contributed by atoms with Gasteiger partial charge in [0.1, 0.15) is 5.69 Å². The molecule has 5 heteroatoms. The minimum absolute atomic E-state index is 0.0496. The highest BCUT2D eigenvalue weighted by Gasteiger charge is 2.24. The number of carbonyl (C=O) groups is 1. The molecule has 0 aliphatic heterocycles.